The Balaban J connectivity index is 1.49. The number of benzene rings is 2. The second-order valence-corrected chi connectivity index (χ2v) is 8.71. The Hall–Kier alpha value is -4.45. The summed E-state index contributed by atoms with van der Waals surface area (Å²) in [5.41, 5.74) is 1.87. The first-order chi connectivity index (χ1) is 17.2. The number of aromatic nitrogens is 4. The fourth-order valence-corrected chi connectivity index (χ4v) is 4.05. The second-order valence-electron chi connectivity index (χ2n) is 8.71. The fourth-order valence-electron chi connectivity index (χ4n) is 4.05. The molecule has 1 atom stereocenters. The van der Waals surface area contributed by atoms with Crippen LogP contribution < -0.4 is 16.0 Å². The minimum atomic E-state index is -0.965. The SMILES string of the molecule is CC1(C)NC(=O)c2ccc(Nc3ncc(-c4nnco4)c(N[C@H](CO)c4ccc(F)cc4F)n3)cc21. The third kappa shape index (κ3) is 4.33. The van der Waals surface area contributed by atoms with Crippen LogP contribution in [0, 0.1) is 11.6 Å². The van der Waals surface area contributed by atoms with Gasteiger partial charge in [0.05, 0.1) is 23.8 Å². The van der Waals surface area contributed by atoms with Gasteiger partial charge in [-0.05, 0) is 43.7 Å². The molecule has 0 saturated heterocycles. The highest BCUT2D eigenvalue weighted by atomic mass is 19.1. The van der Waals surface area contributed by atoms with Crippen molar-refractivity contribution in [1.82, 2.24) is 25.5 Å². The molecule has 0 fully saturated rings. The summed E-state index contributed by atoms with van der Waals surface area (Å²) in [7, 11) is 0. The Morgan fingerprint density at radius 2 is 2.00 bits per heavy atom. The van der Waals surface area contributed by atoms with Crippen molar-refractivity contribution in [2.24, 2.45) is 0 Å². The molecule has 3 heterocycles. The lowest BCUT2D eigenvalue weighted by atomic mass is 9.94. The molecule has 0 aliphatic carbocycles. The summed E-state index contributed by atoms with van der Waals surface area (Å²) in [5, 5.41) is 26.5. The number of rotatable bonds is 7. The summed E-state index contributed by atoms with van der Waals surface area (Å²) in [4.78, 5) is 21.0. The van der Waals surface area contributed by atoms with Crippen molar-refractivity contribution < 1.29 is 23.1 Å². The summed E-state index contributed by atoms with van der Waals surface area (Å²) in [6.07, 6.45) is 2.57. The van der Waals surface area contributed by atoms with E-state index >= 15 is 0 Å². The third-order valence-electron chi connectivity index (χ3n) is 5.83. The van der Waals surface area contributed by atoms with Gasteiger partial charge in [0.25, 0.3) is 11.8 Å². The number of carbonyl (C=O) groups is 1. The summed E-state index contributed by atoms with van der Waals surface area (Å²) >= 11 is 0. The molecule has 12 heteroatoms. The summed E-state index contributed by atoms with van der Waals surface area (Å²) in [5.74, 6) is -1.26. The summed E-state index contributed by atoms with van der Waals surface area (Å²) in [6.45, 7) is 3.29. The molecule has 2 aromatic heterocycles. The lowest BCUT2D eigenvalue weighted by Gasteiger charge is -2.20. The van der Waals surface area contributed by atoms with Crippen LogP contribution in [0.1, 0.15) is 41.4 Å². The number of aliphatic hydroxyl groups is 1. The van der Waals surface area contributed by atoms with Crippen LogP contribution in [0.3, 0.4) is 0 Å². The van der Waals surface area contributed by atoms with Gasteiger partial charge >= 0.3 is 0 Å². The Morgan fingerprint density at radius 3 is 2.72 bits per heavy atom. The minimum absolute atomic E-state index is 0.0431. The van der Waals surface area contributed by atoms with Gasteiger partial charge in [0.1, 0.15) is 17.5 Å². The van der Waals surface area contributed by atoms with Gasteiger partial charge in [-0.25, -0.2) is 13.8 Å². The number of hydrogen-bond donors (Lipinski definition) is 4. The molecule has 2 aromatic carbocycles. The van der Waals surface area contributed by atoms with Crippen molar-refractivity contribution in [3.05, 3.63) is 77.3 Å². The molecule has 4 N–H and O–H groups in total. The van der Waals surface area contributed by atoms with E-state index in [0.29, 0.717) is 16.8 Å². The first-order valence-electron chi connectivity index (χ1n) is 10.9. The van der Waals surface area contributed by atoms with Crippen molar-refractivity contribution in [2.45, 2.75) is 25.4 Å². The van der Waals surface area contributed by atoms with E-state index in [1.165, 1.54) is 12.3 Å². The number of fused-ring (bicyclic) bond motifs is 1. The van der Waals surface area contributed by atoms with E-state index < -0.39 is 29.8 Å². The van der Waals surface area contributed by atoms with Crippen molar-refractivity contribution in [3.8, 4) is 11.5 Å². The van der Waals surface area contributed by atoms with Gasteiger partial charge in [-0.3, -0.25) is 4.79 Å². The molecule has 36 heavy (non-hydrogen) atoms. The largest absolute Gasteiger partial charge is 0.423 e. The zero-order valence-corrected chi connectivity index (χ0v) is 19.2. The van der Waals surface area contributed by atoms with Crippen molar-refractivity contribution >= 4 is 23.4 Å². The standard InChI is InChI=1S/C24H21F2N7O3/c1-24(2)17-8-13(4-6-14(17)21(35)32-24)29-23-27-9-16(22-33-28-11-36-22)20(31-23)30-19(10-34)15-5-3-12(25)7-18(15)26/h3-9,11,19,34H,10H2,1-2H3,(H,32,35)(H2,27,29,30,31)/t19-/m1/s1. The summed E-state index contributed by atoms with van der Waals surface area (Å²) < 4.78 is 33.1. The van der Waals surface area contributed by atoms with Gasteiger partial charge in [0, 0.05) is 29.1 Å². The maximum absolute atomic E-state index is 14.4. The minimum Gasteiger partial charge on any atom is -0.423 e. The molecule has 1 aliphatic rings. The number of amides is 1. The highest BCUT2D eigenvalue weighted by Gasteiger charge is 2.35. The number of anilines is 3. The van der Waals surface area contributed by atoms with E-state index in [0.717, 1.165) is 24.1 Å². The van der Waals surface area contributed by atoms with Crippen molar-refractivity contribution in [2.75, 3.05) is 17.2 Å². The van der Waals surface area contributed by atoms with Crippen LogP contribution >= 0.6 is 0 Å². The van der Waals surface area contributed by atoms with Crippen LogP contribution in [0.25, 0.3) is 11.5 Å². The van der Waals surface area contributed by atoms with E-state index in [1.54, 1.807) is 12.1 Å². The molecule has 4 aromatic rings. The molecule has 0 saturated carbocycles. The highest BCUT2D eigenvalue weighted by Crippen LogP contribution is 2.34. The van der Waals surface area contributed by atoms with E-state index in [-0.39, 0.29) is 29.1 Å². The topological polar surface area (TPSA) is 138 Å². The maximum atomic E-state index is 14.4. The van der Waals surface area contributed by atoms with E-state index in [4.69, 9.17) is 4.42 Å². The van der Waals surface area contributed by atoms with Crippen LogP contribution in [-0.4, -0.2) is 37.8 Å². The lowest BCUT2D eigenvalue weighted by molar-refractivity contribution is 0.0940. The average molecular weight is 493 g/mol. The average Bonchev–Trinajstić information content (AvgIpc) is 3.44. The fraction of sp³-hybridized carbons (Fsp3) is 0.208. The molecule has 10 nitrogen and oxygen atoms in total. The maximum Gasteiger partial charge on any atom is 0.252 e. The molecule has 1 amide bonds. The zero-order chi connectivity index (χ0) is 25.4. The zero-order valence-electron chi connectivity index (χ0n) is 19.2. The highest BCUT2D eigenvalue weighted by molar-refractivity contribution is 6.00. The number of nitrogens with one attached hydrogen (secondary N) is 3. The van der Waals surface area contributed by atoms with Gasteiger partial charge in [-0.2, -0.15) is 4.98 Å². The Labute approximate surface area is 203 Å². The Morgan fingerprint density at radius 1 is 1.17 bits per heavy atom. The second kappa shape index (κ2) is 8.96. The quantitative estimate of drug-likeness (QED) is 0.304. The molecular weight excluding hydrogens is 472 g/mol. The number of aliphatic hydroxyl groups excluding tert-OH is 1. The van der Waals surface area contributed by atoms with Crippen LogP contribution in [-0.2, 0) is 5.54 Å². The summed E-state index contributed by atoms with van der Waals surface area (Å²) in [6, 6.07) is 7.39. The molecule has 0 radical (unpaired) electrons. The predicted octanol–water partition coefficient (Wildman–Crippen LogP) is 3.67. The molecule has 0 spiro atoms. The van der Waals surface area contributed by atoms with Gasteiger partial charge < -0.3 is 25.5 Å². The molecular formula is C24H21F2N7O3. The van der Waals surface area contributed by atoms with Crippen LogP contribution in [0.2, 0.25) is 0 Å². The molecule has 5 rings (SSSR count). The first kappa shape index (κ1) is 23.3. The van der Waals surface area contributed by atoms with Gasteiger partial charge in [-0.1, -0.05) is 6.07 Å². The molecule has 184 valence electrons. The van der Waals surface area contributed by atoms with Crippen LogP contribution in [0.4, 0.5) is 26.2 Å². The Bertz CT molecular complexity index is 1440. The molecule has 1 aliphatic heterocycles. The van der Waals surface area contributed by atoms with Gasteiger partial charge in [-0.15, -0.1) is 10.2 Å². The lowest BCUT2D eigenvalue weighted by Crippen LogP contribution is -2.32. The van der Waals surface area contributed by atoms with Crippen LogP contribution in [0.5, 0.6) is 0 Å². The van der Waals surface area contributed by atoms with Crippen LogP contribution in [0.15, 0.2) is 53.4 Å². The monoisotopic (exact) mass is 493 g/mol. The smallest absolute Gasteiger partial charge is 0.252 e. The van der Waals surface area contributed by atoms with E-state index in [2.05, 4.69) is 36.1 Å². The number of halogens is 2. The van der Waals surface area contributed by atoms with Crippen molar-refractivity contribution in [1.29, 1.82) is 0 Å². The normalized spacial score (nSPS) is 14.8. The van der Waals surface area contributed by atoms with Gasteiger partial charge in [0.2, 0.25) is 12.3 Å². The molecule has 0 bridgehead atoms. The van der Waals surface area contributed by atoms with Crippen molar-refractivity contribution in [3.63, 3.8) is 0 Å². The number of carbonyl (C=O) groups excluding carboxylic acids is 1. The van der Waals surface area contributed by atoms with E-state index in [9.17, 15) is 18.7 Å². The third-order valence-corrected chi connectivity index (χ3v) is 5.83. The molecule has 0 unspecified atom stereocenters. The first-order valence-corrected chi connectivity index (χ1v) is 10.9. The Kier molecular flexibility index (Phi) is 5.80. The number of hydrogen-bond acceptors (Lipinski definition) is 9. The number of nitrogens with zero attached hydrogens (tertiary/aromatic N) is 4. The van der Waals surface area contributed by atoms with E-state index in [1.807, 2.05) is 19.9 Å². The predicted molar refractivity (Wildman–Crippen MR) is 125 cm³/mol. The van der Waals surface area contributed by atoms with Gasteiger partial charge in [0.15, 0.2) is 0 Å².